The summed E-state index contributed by atoms with van der Waals surface area (Å²) in [6.07, 6.45) is 1.71. The summed E-state index contributed by atoms with van der Waals surface area (Å²) in [7, 11) is 2.04. The van der Waals surface area contributed by atoms with E-state index in [-0.39, 0.29) is 0 Å². The van der Waals surface area contributed by atoms with E-state index in [0.717, 1.165) is 34.4 Å². The maximum Gasteiger partial charge on any atom is 0.161 e. The first kappa shape index (κ1) is 10.8. The van der Waals surface area contributed by atoms with Crippen molar-refractivity contribution < 1.29 is 4.74 Å². The highest BCUT2D eigenvalue weighted by molar-refractivity contribution is 5.98. The summed E-state index contributed by atoms with van der Waals surface area (Å²) in [5, 5.41) is 10.2. The molecule has 4 heteroatoms. The fraction of sp³-hybridized carbons (Fsp3) is 0.286. The molecule has 18 heavy (non-hydrogen) atoms. The van der Waals surface area contributed by atoms with E-state index in [2.05, 4.69) is 22.0 Å². The molecule has 1 aromatic heterocycles. The van der Waals surface area contributed by atoms with Crippen LogP contribution in [0.1, 0.15) is 11.1 Å². The van der Waals surface area contributed by atoms with Crippen LogP contribution in [0.3, 0.4) is 0 Å². The zero-order chi connectivity index (χ0) is 12.7. The zero-order valence-electron chi connectivity index (χ0n) is 10.4. The molecule has 2 aromatic rings. The van der Waals surface area contributed by atoms with Crippen LogP contribution in [0.2, 0.25) is 0 Å². The Hall–Kier alpha value is -2.28. The number of rotatable bonds is 0. The minimum Gasteiger partial charge on any atom is -0.488 e. The predicted octanol–water partition coefficient (Wildman–Crippen LogP) is 2.24. The summed E-state index contributed by atoms with van der Waals surface area (Å²) in [5.74, 6) is 0.797. The summed E-state index contributed by atoms with van der Waals surface area (Å²) < 4.78 is 5.63. The van der Waals surface area contributed by atoms with Gasteiger partial charge in [0, 0.05) is 12.4 Å². The summed E-state index contributed by atoms with van der Waals surface area (Å²) in [6, 6.07) is 6.14. The first-order chi connectivity index (χ1) is 8.70. The average molecular weight is 239 g/mol. The fourth-order valence-corrected chi connectivity index (χ4v) is 2.40. The van der Waals surface area contributed by atoms with Gasteiger partial charge in [0.25, 0.3) is 0 Å². The third kappa shape index (κ3) is 1.48. The maximum atomic E-state index is 9.20. The summed E-state index contributed by atoms with van der Waals surface area (Å²) in [6.45, 7) is 3.51. The molecule has 1 aliphatic rings. The van der Waals surface area contributed by atoms with Crippen LogP contribution in [-0.4, -0.2) is 25.2 Å². The van der Waals surface area contributed by atoms with Gasteiger partial charge in [-0.25, -0.2) is 0 Å². The molecular weight excluding hydrogens is 226 g/mol. The lowest BCUT2D eigenvalue weighted by Crippen LogP contribution is -2.29. The molecule has 2 heterocycles. The van der Waals surface area contributed by atoms with Crippen LogP contribution >= 0.6 is 0 Å². The number of aryl methyl sites for hydroxylation is 1. The topological polar surface area (TPSA) is 49.2 Å². The fourth-order valence-electron chi connectivity index (χ4n) is 2.40. The molecule has 90 valence electrons. The van der Waals surface area contributed by atoms with Gasteiger partial charge in [0.1, 0.15) is 12.7 Å². The second-order valence-electron chi connectivity index (χ2n) is 4.56. The third-order valence-electron chi connectivity index (χ3n) is 3.24. The van der Waals surface area contributed by atoms with E-state index < -0.39 is 0 Å². The van der Waals surface area contributed by atoms with Crippen molar-refractivity contribution >= 4 is 16.6 Å². The molecule has 0 radical (unpaired) electrons. The second kappa shape index (κ2) is 3.88. The highest BCUT2D eigenvalue weighted by Gasteiger charge is 2.20. The number of benzene rings is 1. The Labute approximate surface area is 105 Å². The van der Waals surface area contributed by atoms with Gasteiger partial charge in [-0.3, -0.25) is 4.98 Å². The van der Waals surface area contributed by atoms with Gasteiger partial charge in [0.2, 0.25) is 0 Å². The molecule has 0 aliphatic carbocycles. The number of anilines is 1. The lowest BCUT2D eigenvalue weighted by molar-refractivity contribution is 0.311. The second-order valence-corrected chi connectivity index (χ2v) is 4.56. The normalized spacial score (nSPS) is 13.9. The van der Waals surface area contributed by atoms with E-state index in [9.17, 15) is 5.26 Å². The van der Waals surface area contributed by atoms with Crippen molar-refractivity contribution in [1.29, 1.82) is 5.26 Å². The number of aromatic nitrogens is 1. The Morgan fingerprint density at radius 3 is 3.06 bits per heavy atom. The Bertz CT molecular complexity index is 673. The van der Waals surface area contributed by atoms with Gasteiger partial charge in [-0.1, -0.05) is 0 Å². The van der Waals surface area contributed by atoms with E-state index in [1.165, 1.54) is 0 Å². The minimum atomic E-state index is 0.617. The van der Waals surface area contributed by atoms with Gasteiger partial charge < -0.3 is 9.64 Å². The van der Waals surface area contributed by atoms with E-state index in [4.69, 9.17) is 4.74 Å². The number of likely N-dealkylation sites (N-methyl/N-ethyl adjacent to an activating group) is 1. The Balaban J connectivity index is 2.42. The van der Waals surface area contributed by atoms with Crippen molar-refractivity contribution in [1.82, 2.24) is 4.98 Å². The molecule has 0 fully saturated rings. The molecule has 0 N–H and O–H groups in total. The molecule has 0 unspecified atom stereocenters. The van der Waals surface area contributed by atoms with E-state index in [1.54, 1.807) is 6.20 Å². The van der Waals surface area contributed by atoms with E-state index in [1.807, 2.05) is 20.0 Å². The van der Waals surface area contributed by atoms with Crippen LogP contribution in [0.25, 0.3) is 10.9 Å². The van der Waals surface area contributed by atoms with E-state index >= 15 is 0 Å². The van der Waals surface area contributed by atoms with Gasteiger partial charge in [0.15, 0.2) is 5.75 Å². The molecule has 1 aliphatic heterocycles. The quantitative estimate of drug-likeness (QED) is 0.707. The number of fused-ring (bicyclic) bond motifs is 3. The molecule has 1 aromatic carbocycles. The Kier molecular flexibility index (Phi) is 2.34. The van der Waals surface area contributed by atoms with Crippen molar-refractivity contribution in [2.24, 2.45) is 0 Å². The average Bonchev–Trinajstić information content (AvgIpc) is 2.37. The number of hydrogen-bond donors (Lipinski definition) is 0. The minimum absolute atomic E-state index is 0.617. The Morgan fingerprint density at radius 2 is 2.28 bits per heavy atom. The SMILES string of the molecule is Cc1cc(C#N)c2ncc3c(c2c1)N(C)CCO3. The van der Waals surface area contributed by atoms with Gasteiger partial charge in [-0.2, -0.15) is 5.26 Å². The summed E-state index contributed by atoms with van der Waals surface area (Å²) in [4.78, 5) is 6.52. The van der Waals surface area contributed by atoms with Crippen molar-refractivity contribution in [3.63, 3.8) is 0 Å². The molecular formula is C14H13N3O. The highest BCUT2D eigenvalue weighted by Crippen LogP contribution is 2.37. The molecule has 0 saturated carbocycles. The lowest BCUT2D eigenvalue weighted by atomic mass is 10.0. The van der Waals surface area contributed by atoms with Crippen molar-refractivity contribution in [2.75, 3.05) is 25.1 Å². The van der Waals surface area contributed by atoms with Gasteiger partial charge in [-0.05, 0) is 24.6 Å². The molecule has 4 nitrogen and oxygen atoms in total. The Morgan fingerprint density at radius 1 is 1.44 bits per heavy atom. The largest absolute Gasteiger partial charge is 0.488 e. The van der Waals surface area contributed by atoms with Crippen LogP contribution in [0, 0.1) is 18.3 Å². The smallest absolute Gasteiger partial charge is 0.161 e. The molecule has 0 bridgehead atoms. The summed E-state index contributed by atoms with van der Waals surface area (Å²) >= 11 is 0. The van der Waals surface area contributed by atoms with Gasteiger partial charge >= 0.3 is 0 Å². The highest BCUT2D eigenvalue weighted by atomic mass is 16.5. The van der Waals surface area contributed by atoms with Crippen LogP contribution in [0.4, 0.5) is 5.69 Å². The van der Waals surface area contributed by atoms with Crippen LogP contribution in [0.15, 0.2) is 18.3 Å². The van der Waals surface area contributed by atoms with Crippen LogP contribution < -0.4 is 9.64 Å². The summed E-state index contributed by atoms with van der Waals surface area (Å²) in [5.41, 5.74) is 3.46. The molecule has 0 spiro atoms. The maximum absolute atomic E-state index is 9.20. The number of hydrogen-bond acceptors (Lipinski definition) is 4. The third-order valence-corrected chi connectivity index (χ3v) is 3.24. The van der Waals surface area contributed by atoms with Crippen molar-refractivity contribution in [3.05, 3.63) is 29.5 Å². The zero-order valence-corrected chi connectivity index (χ0v) is 10.4. The monoisotopic (exact) mass is 239 g/mol. The van der Waals surface area contributed by atoms with E-state index in [0.29, 0.717) is 12.2 Å². The standard InChI is InChI=1S/C14H13N3O/c1-9-5-10(7-15)13-11(6-9)14-12(8-16-13)18-4-3-17(14)2/h5-6,8H,3-4H2,1-2H3. The van der Waals surface area contributed by atoms with Gasteiger partial charge in [0.05, 0.1) is 29.5 Å². The first-order valence-corrected chi connectivity index (χ1v) is 5.88. The number of nitriles is 1. The first-order valence-electron chi connectivity index (χ1n) is 5.88. The van der Waals surface area contributed by atoms with Crippen LogP contribution in [-0.2, 0) is 0 Å². The van der Waals surface area contributed by atoms with Crippen LogP contribution in [0.5, 0.6) is 5.75 Å². The molecule has 0 saturated heterocycles. The lowest BCUT2D eigenvalue weighted by Gasteiger charge is -2.28. The van der Waals surface area contributed by atoms with Gasteiger partial charge in [-0.15, -0.1) is 0 Å². The molecule has 0 atom stereocenters. The number of pyridine rings is 1. The predicted molar refractivity (Wildman–Crippen MR) is 70.0 cm³/mol. The molecule has 0 amide bonds. The number of ether oxygens (including phenoxy) is 1. The van der Waals surface area contributed by atoms with Crippen molar-refractivity contribution in [2.45, 2.75) is 6.92 Å². The van der Waals surface area contributed by atoms with Crippen molar-refractivity contribution in [3.8, 4) is 11.8 Å². The molecule has 3 rings (SSSR count). The number of nitrogens with zero attached hydrogens (tertiary/aromatic N) is 3.